The van der Waals surface area contributed by atoms with E-state index in [1.807, 2.05) is 24.3 Å². The number of aromatic nitrogens is 3. The van der Waals surface area contributed by atoms with Crippen LogP contribution in [0.15, 0.2) is 52.6 Å². The van der Waals surface area contributed by atoms with E-state index in [9.17, 15) is 14.0 Å². The fraction of sp³-hybridized carbons (Fsp3) is 0.250. The Bertz CT molecular complexity index is 1450. The van der Waals surface area contributed by atoms with Gasteiger partial charge in [-0.05, 0) is 43.0 Å². The lowest BCUT2D eigenvalue weighted by Crippen LogP contribution is -2.36. The fourth-order valence-corrected chi connectivity index (χ4v) is 4.92. The van der Waals surface area contributed by atoms with E-state index in [2.05, 4.69) is 21.2 Å². The highest BCUT2D eigenvalue weighted by molar-refractivity contribution is 7.12. The number of thiazole rings is 1. The molecule has 8 nitrogen and oxygen atoms in total. The molecule has 0 bridgehead atoms. The van der Waals surface area contributed by atoms with Crippen molar-refractivity contribution >= 4 is 46.7 Å². The minimum atomic E-state index is -0.231. The number of benzene rings is 2. The molecule has 5 rings (SSSR count). The molecule has 3 heterocycles. The molecule has 4 aromatic rings. The quantitative estimate of drug-likeness (QED) is 0.345. The molecule has 1 N–H and O–H groups in total. The van der Waals surface area contributed by atoms with Crippen LogP contribution < -0.4 is 15.9 Å². The molecule has 0 unspecified atom stereocenters. The molecule has 1 fully saturated rings. The van der Waals surface area contributed by atoms with Crippen molar-refractivity contribution in [1.82, 2.24) is 14.1 Å². The van der Waals surface area contributed by atoms with E-state index < -0.39 is 0 Å². The maximum absolute atomic E-state index is 13.1. The zero-order chi connectivity index (χ0) is 24.9. The Labute approximate surface area is 206 Å². The van der Waals surface area contributed by atoms with Gasteiger partial charge in [0.2, 0.25) is 0 Å². The second-order valence-electron chi connectivity index (χ2n) is 8.14. The number of nitrogens with zero attached hydrogens (tertiary/aromatic N) is 5. The molecule has 0 aliphatic carbocycles. The SMILES string of the molecule is CNc1cc(F)ccc1N1CCB(C#N)CC1.Cn1c(=O)n(-c2nc(C=O)cs2)c2ccccc21. The number of nitriles is 1. The number of hydrogen-bond acceptors (Lipinski definition) is 7. The number of carbonyl (C=O) groups is 1. The Morgan fingerprint density at radius 2 is 1.91 bits per heavy atom. The van der Waals surface area contributed by atoms with Crippen molar-refractivity contribution in [2.75, 3.05) is 30.4 Å². The van der Waals surface area contributed by atoms with E-state index in [4.69, 9.17) is 5.26 Å². The van der Waals surface area contributed by atoms with Crippen molar-refractivity contribution < 1.29 is 9.18 Å². The van der Waals surface area contributed by atoms with Gasteiger partial charge in [-0.25, -0.2) is 24.0 Å². The van der Waals surface area contributed by atoms with Gasteiger partial charge in [0, 0.05) is 38.5 Å². The van der Waals surface area contributed by atoms with E-state index in [0.29, 0.717) is 17.1 Å². The average Bonchev–Trinajstić information content (AvgIpc) is 3.47. The van der Waals surface area contributed by atoms with Crippen LogP contribution in [0.25, 0.3) is 16.2 Å². The van der Waals surface area contributed by atoms with E-state index in [1.54, 1.807) is 30.1 Å². The summed E-state index contributed by atoms with van der Waals surface area (Å²) in [7, 11) is 3.51. The van der Waals surface area contributed by atoms with E-state index >= 15 is 0 Å². The van der Waals surface area contributed by atoms with Crippen LogP contribution in [0.5, 0.6) is 0 Å². The number of para-hydroxylation sites is 2. The molecule has 35 heavy (non-hydrogen) atoms. The van der Waals surface area contributed by atoms with Crippen molar-refractivity contribution in [3.8, 4) is 11.1 Å². The molecule has 1 aliphatic rings. The highest BCUT2D eigenvalue weighted by atomic mass is 32.1. The van der Waals surface area contributed by atoms with E-state index in [0.717, 1.165) is 48.1 Å². The highest BCUT2D eigenvalue weighted by Crippen LogP contribution is 2.29. The van der Waals surface area contributed by atoms with Crippen LogP contribution in [0.3, 0.4) is 0 Å². The standard InChI is InChI=1S/C12H15BFN3.C12H9N3O2S/c1-16-11-8-10(14)2-3-12(11)17-6-4-13(9-15)5-7-17;1-14-9-4-2-3-5-10(9)15(12(14)17)11-13-8(6-16)7-18-11/h2-3,8,16H,4-7H2,1H3;2-7H,1H3. The first kappa shape index (κ1) is 24.2. The van der Waals surface area contributed by atoms with Gasteiger partial charge in [-0.15, -0.1) is 11.3 Å². The molecule has 1 aliphatic heterocycles. The van der Waals surface area contributed by atoms with Crippen LogP contribution in [0.1, 0.15) is 10.5 Å². The number of carbonyl (C=O) groups excluding carboxylic acids is 1. The Balaban J connectivity index is 0.000000165. The molecule has 0 spiro atoms. The summed E-state index contributed by atoms with van der Waals surface area (Å²) < 4.78 is 16.2. The van der Waals surface area contributed by atoms with Crippen molar-refractivity contribution in [1.29, 1.82) is 5.26 Å². The summed E-state index contributed by atoms with van der Waals surface area (Å²) in [5.74, 6) is 2.08. The summed E-state index contributed by atoms with van der Waals surface area (Å²) in [5.41, 5.74) is 3.63. The monoisotopic (exact) mass is 490 g/mol. The van der Waals surface area contributed by atoms with Crippen LogP contribution >= 0.6 is 11.3 Å². The summed E-state index contributed by atoms with van der Waals surface area (Å²) >= 11 is 1.28. The Morgan fingerprint density at radius 1 is 1.20 bits per heavy atom. The molecule has 1 saturated heterocycles. The van der Waals surface area contributed by atoms with Gasteiger partial charge >= 0.3 is 5.69 Å². The predicted molar refractivity (Wildman–Crippen MR) is 139 cm³/mol. The number of nitrogens with one attached hydrogen (secondary N) is 1. The topological polar surface area (TPSA) is 96.0 Å². The van der Waals surface area contributed by atoms with Gasteiger partial charge in [-0.3, -0.25) is 9.36 Å². The first-order valence-corrected chi connectivity index (χ1v) is 12.0. The van der Waals surface area contributed by atoms with Gasteiger partial charge in [0.15, 0.2) is 11.4 Å². The molecule has 0 radical (unpaired) electrons. The Hall–Kier alpha value is -3.91. The van der Waals surface area contributed by atoms with Crippen molar-refractivity contribution in [3.05, 3.63) is 69.8 Å². The number of fused-ring (bicyclic) bond motifs is 1. The van der Waals surface area contributed by atoms with Gasteiger partial charge in [0.05, 0.1) is 22.4 Å². The first-order valence-electron chi connectivity index (χ1n) is 11.2. The zero-order valence-corrected chi connectivity index (χ0v) is 20.3. The Morgan fingerprint density at radius 3 is 2.54 bits per heavy atom. The van der Waals surface area contributed by atoms with E-state index in [1.165, 1.54) is 28.0 Å². The maximum atomic E-state index is 13.1. The van der Waals surface area contributed by atoms with Crippen LogP contribution in [-0.4, -0.2) is 47.3 Å². The molecule has 0 atom stereocenters. The molecule has 178 valence electrons. The smallest absolute Gasteiger partial charge is 0.335 e. The van der Waals surface area contributed by atoms with Gasteiger partial charge in [-0.2, -0.15) is 0 Å². The summed E-state index contributed by atoms with van der Waals surface area (Å²) in [4.78, 5) is 29.2. The number of imidazole rings is 1. The fourth-order valence-electron chi connectivity index (χ4n) is 4.14. The minimum Gasteiger partial charge on any atom is -0.386 e. The van der Waals surface area contributed by atoms with Crippen LogP contribution in [0.2, 0.25) is 12.6 Å². The predicted octanol–water partition coefficient (Wildman–Crippen LogP) is 3.84. The number of rotatable bonds is 4. The molecule has 2 aromatic carbocycles. The number of aldehydes is 1. The van der Waals surface area contributed by atoms with Crippen LogP contribution in [0.4, 0.5) is 15.8 Å². The number of anilines is 2. The number of hydrogen-bond donors (Lipinski definition) is 1. The minimum absolute atomic E-state index is 0.164. The lowest BCUT2D eigenvalue weighted by Gasteiger charge is -2.31. The highest BCUT2D eigenvalue weighted by Gasteiger charge is 2.23. The molecule has 0 saturated carbocycles. The third kappa shape index (κ3) is 4.98. The maximum Gasteiger partial charge on any atom is 0.335 e. The summed E-state index contributed by atoms with van der Waals surface area (Å²) in [6.07, 6.45) is 2.45. The van der Waals surface area contributed by atoms with Crippen molar-refractivity contribution in [2.45, 2.75) is 12.6 Å². The molecule has 11 heteroatoms. The van der Waals surface area contributed by atoms with E-state index in [-0.39, 0.29) is 18.2 Å². The zero-order valence-electron chi connectivity index (χ0n) is 19.4. The summed E-state index contributed by atoms with van der Waals surface area (Å²) in [6, 6.07) is 12.3. The lowest BCUT2D eigenvalue weighted by molar-refractivity contribution is 0.111. The van der Waals surface area contributed by atoms with Gasteiger partial charge < -0.3 is 10.2 Å². The second-order valence-corrected chi connectivity index (χ2v) is 8.98. The number of aryl methyl sites for hydroxylation is 1. The number of halogens is 1. The van der Waals surface area contributed by atoms with Crippen molar-refractivity contribution in [2.24, 2.45) is 7.05 Å². The normalized spacial score (nSPS) is 13.2. The lowest BCUT2D eigenvalue weighted by atomic mass is 9.45. The van der Waals surface area contributed by atoms with Crippen molar-refractivity contribution in [3.63, 3.8) is 0 Å². The molecule has 2 aromatic heterocycles. The summed E-state index contributed by atoms with van der Waals surface area (Å²) in [6.45, 7) is 1.89. The average molecular weight is 490 g/mol. The largest absolute Gasteiger partial charge is 0.386 e. The van der Waals surface area contributed by atoms with Gasteiger partial charge in [-0.1, -0.05) is 12.1 Å². The van der Waals surface area contributed by atoms with Gasteiger partial charge in [0.25, 0.3) is 6.71 Å². The summed E-state index contributed by atoms with van der Waals surface area (Å²) in [5, 5.41) is 14.0. The molecular formula is C24H24BFN6O2S. The first-order chi connectivity index (χ1) is 17.0. The second kappa shape index (κ2) is 10.6. The van der Waals surface area contributed by atoms with Crippen LogP contribution in [-0.2, 0) is 7.05 Å². The molecular weight excluding hydrogens is 466 g/mol. The molecule has 0 amide bonds. The third-order valence-corrected chi connectivity index (χ3v) is 6.87. The third-order valence-electron chi connectivity index (χ3n) is 6.03. The Kier molecular flexibility index (Phi) is 7.32. The van der Waals surface area contributed by atoms with Crippen LogP contribution in [0, 0.1) is 17.0 Å². The van der Waals surface area contributed by atoms with Gasteiger partial charge in [0.1, 0.15) is 11.5 Å².